The molecule has 0 saturated heterocycles. The first-order valence-electron chi connectivity index (χ1n) is 5.64. The summed E-state index contributed by atoms with van der Waals surface area (Å²) < 4.78 is 18.6. The molecule has 0 fully saturated rings. The molecule has 0 radical (unpaired) electrons. The second kappa shape index (κ2) is 5.47. The van der Waals surface area contributed by atoms with Crippen LogP contribution in [0.4, 0.5) is 16.0 Å². The maximum Gasteiger partial charge on any atom is 0.311 e. The van der Waals surface area contributed by atoms with E-state index in [4.69, 9.17) is 4.74 Å². The molecule has 0 aliphatic carbocycles. The number of benzene rings is 1. The van der Waals surface area contributed by atoms with Crippen molar-refractivity contribution in [2.24, 2.45) is 0 Å². The summed E-state index contributed by atoms with van der Waals surface area (Å²) in [6, 6.07) is 2.98. The fourth-order valence-electron chi connectivity index (χ4n) is 1.47. The first kappa shape index (κ1) is 13.7. The Kier molecular flexibility index (Phi) is 3.74. The van der Waals surface area contributed by atoms with E-state index in [1.54, 1.807) is 14.0 Å². The number of nitrogens with zero attached hydrogens (tertiary/aromatic N) is 3. The number of rotatable bonds is 4. The minimum atomic E-state index is -0.649. The van der Waals surface area contributed by atoms with Crippen molar-refractivity contribution in [3.8, 4) is 11.6 Å². The topological polar surface area (TPSA) is 90.2 Å². The van der Waals surface area contributed by atoms with Gasteiger partial charge in [0.25, 0.3) is 0 Å². The lowest BCUT2D eigenvalue weighted by atomic mass is 10.3. The molecule has 1 aromatic carbocycles. The van der Waals surface area contributed by atoms with Crippen molar-refractivity contribution >= 4 is 11.6 Å². The molecular weight excluding hydrogens is 267 g/mol. The lowest BCUT2D eigenvalue weighted by Gasteiger charge is -2.09. The number of nitro benzene ring substituents is 1. The molecule has 104 valence electrons. The van der Waals surface area contributed by atoms with Crippen LogP contribution in [-0.4, -0.2) is 21.9 Å². The quantitative estimate of drug-likeness (QED) is 0.683. The van der Waals surface area contributed by atoms with Crippen LogP contribution in [0.15, 0.2) is 24.4 Å². The number of aryl methyl sites for hydroxylation is 1. The van der Waals surface area contributed by atoms with E-state index in [0.717, 1.165) is 18.2 Å². The number of aromatic nitrogens is 2. The molecule has 0 amide bonds. The van der Waals surface area contributed by atoms with Gasteiger partial charge >= 0.3 is 5.69 Å². The first-order chi connectivity index (χ1) is 9.51. The van der Waals surface area contributed by atoms with Crippen LogP contribution in [-0.2, 0) is 0 Å². The molecule has 7 nitrogen and oxygen atoms in total. The Balaban J connectivity index is 2.43. The molecule has 0 unspecified atom stereocenters. The molecule has 1 N–H and O–H groups in total. The molecule has 8 heteroatoms. The van der Waals surface area contributed by atoms with Gasteiger partial charge in [0.2, 0.25) is 17.6 Å². The number of ether oxygens (including phenoxy) is 1. The van der Waals surface area contributed by atoms with Crippen LogP contribution in [0.25, 0.3) is 0 Å². The van der Waals surface area contributed by atoms with E-state index in [9.17, 15) is 14.5 Å². The van der Waals surface area contributed by atoms with Gasteiger partial charge in [0.15, 0.2) is 0 Å². The fraction of sp³-hybridized carbons (Fsp3) is 0.167. The maximum atomic E-state index is 13.2. The normalized spacial score (nSPS) is 10.2. The fourth-order valence-corrected chi connectivity index (χ4v) is 1.47. The van der Waals surface area contributed by atoms with Crippen molar-refractivity contribution in [3.05, 3.63) is 45.9 Å². The molecule has 0 atom stereocenters. The molecule has 0 bridgehead atoms. The zero-order valence-electron chi connectivity index (χ0n) is 10.8. The van der Waals surface area contributed by atoms with Gasteiger partial charge in [-0.25, -0.2) is 9.37 Å². The molecule has 0 spiro atoms. The third-order valence-corrected chi connectivity index (χ3v) is 2.47. The van der Waals surface area contributed by atoms with Gasteiger partial charge in [0.05, 0.1) is 4.92 Å². The number of hydrogen-bond donors (Lipinski definition) is 1. The molecule has 20 heavy (non-hydrogen) atoms. The second-order valence-electron chi connectivity index (χ2n) is 3.90. The van der Waals surface area contributed by atoms with Gasteiger partial charge in [-0.05, 0) is 13.0 Å². The van der Waals surface area contributed by atoms with E-state index in [0.29, 0.717) is 11.5 Å². The van der Waals surface area contributed by atoms with Crippen molar-refractivity contribution in [2.45, 2.75) is 6.92 Å². The summed E-state index contributed by atoms with van der Waals surface area (Å²) in [4.78, 5) is 18.2. The van der Waals surface area contributed by atoms with Crippen LogP contribution in [0, 0.1) is 22.9 Å². The van der Waals surface area contributed by atoms with Gasteiger partial charge in [-0.1, -0.05) is 0 Å². The van der Waals surface area contributed by atoms with Crippen molar-refractivity contribution < 1.29 is 14.1 Å². The highest BCUT2D eigenvalue weighted by molar-refractivity contribution is 5.48. The molecule has 0 aliphatic heterocycles. The van der Waals surface area contributed by atoms with E-state index in [1.807, 2.05) is 0 Å². The molecule has 0 saturated carbocycles. The minimum Gasteiger partial charge on any atom is -0.431 e. The predicted octanol–water partition coefficient (Wildman–Crippen LogP) is 2.67. The van der Waals surface area contributed by atoms with E-state index in [2.05, 4.69) is 15.3 Å². The molecule has 2 rings (SSSR count). The van der Waals surface area contributed by atoms with Crippen LogP contribution in [0.1, 0.15) is 5.56 Å². The van der Waals surface area contributed by atoms with Crippen molar-refractivity contribution in [1.29, 1.82) is 0 Å². The Morgan fingerprint density at radius 1 is 1.45 bits per heavy atom. The lowest BCUT2D eigenvalue weighted by molar-refractivity contribution is -0.385. The third kappa shape index (κ3) is 2.79. The molecule has 1 aromatic heterocycles. The SMILES string of the molecule is CNc1ncc(C)c(Oc2cc(F)ccc2[N+](=O)[O-])n1. The minimum absolute atomic E-state index is 0.123. The Morgan fingerprint density at radius 3 is 2.85 bits per heavy atom. The average Bonchev–Trinajstić information content (AvgIpc) is 2.41. The van der Waals surface area contributed by atoms with Crippen LogP contribution in [0.5, 0.6) is 11.6 Å². The number of nitro groups is 1. The summed E-state index contributed by atoms with van der Waals surface area (Å²) in [5.41, 5.74) is 0.234. The highest BCUT2D eigenvalue weighted by Gasteiger charge is 2.18. The molecule has 2 aromatic rings. The molecule has 0 aliphatic rings. The molecule has 1 heterocycles. The highest BCUT2D eigenvalue weighted by atomic mass is 19.1. The zero-order chi connectivity index (χ0) is 14.7. The second-order valence-corrected chi connectivity index (χ2v) is 3.90. The Morgan fingerprint density at radius 2 is 2.20 bits per heavy atom. The number of hydrogen-bond acceptors (Lipinski definition) is 6. The number of halogens is 1. The van der Waals surface area contributed by atoms with E-state index in [1.165, 1.54) is 6.20 Å². The van der Waals surface area contributed by atoms with Gasteiger partial charge in [-0.15, -0.1) is 0 Å². The van der Waals surface area contributed by atoms with Gasteiger partial charge in [-0.3, -0.25) is 10.1 Å². The smallest absolute Gasteiger partial charge is 0.311 e. The van der Waals surface area contributed by atoms with Crippen LogP contribution in [0.2, 0.25) is 0 Å². The van der Waals surface area contributed by atoms with E-state index < -0.39 is 10.7 Å². The summed E-state index contributed by atoms with van der Waals surface area (Å²) in [5, 5.41) is 13.6. The van der Waals surface area contributed by atoms with Crippen LogP contribution >= 0.6 is 0 Å². The van der Waals surface area contributed by atoms with Gasteiger partial charge < -0.3 is 10.1 Å². The van der Waals surface area contributed by atoms with Crippen LogP contribution in [0.3, 0.4) is 0 Å². The largest absolute Gasteiger partial charge is 0.431 e. The van der Waals surface area contributed by atoms with E-state index in [-0.39, 0.29) is 17.3 Å². The van der Waals surface area contributed by atoms with Crippen molar-refractivity contribution in [2.75, 3.05) is 12.4 Å². The van der Waals surface area contributed by atoms with E-state index >= 15 is 0 Å². The Hall–Kier alpha value is -2.77. The summed E-state index contributed by atoms with van der Waals surface area (Å²) in [6.45, 7) is 1.68. The summed E-state index contributed by atoms with van der Waals surface area (Å²) >= 11 is 0. The van der Waals surface area contributed by atoms with Crippen molar-refractivity contribution in [1.82, 2.24) is 9.97 Å². The maximum absolute atomic E-state index is 13.2. The summed E-state index contributed by atoms with van der Waals surface area (Å²) in [6.07, 6.45) is 1.50. The Bertz CT molecular complexity index is 663. The number of nitrogens with one attached hydrogen (secondary N) is 1. The Labute approximate surface area is 113 Å². The third-order valence-electron chi connectivity index (χ3n) is 2.47. The van der Waals surface area contributed by atoms with Gasteiger partial charge in [0, 0.05) is 30.9 Å². The highest BCUT2D eigenvalue weighted by Crippen LogP contribution is 2.32. The number of anilines is 1. The zero-order valence-corrected chi connectivity index (χ0v) is 10.8. The first-order valence-corrected chi connectivity index (χ1v) is 5.64. The monoisotopic (exact) mass is 278 g/mol. The van der Waals surface area contributed by atoms with Crippen LogP contribution < -0.4 is 10.1 Å². The standard InChI is InChI=1S/C12H11FN4O3/c1-7-6-15-12(14-2)16-11(7)20-10-5-8(13)3-4-9(10)17(18)19/h3-6H,1-2H3,(H,14,15,16). The molecular formula is C12H11FN4O3. The average molecular weight is 278 g/mol. The van der Waals surface area contributed by atoms with Gasteiger partial charge in [-0.2, -0.15) is 4.98 Å². The lowest BCUT2D eigenvalue weighted by Crippen LogP contribution is -2.01. The summed E-state index contributed by atoms with van der Waals surface area (Å²) in [5.74, 6) is -0.423. The summed E-state index contributed by atoms with van der Waals surface area (Å²) in [7, 11) is 1.62. The van der Waals surface area contributed by atoms with Gasteiger partial charge in [0.1, 0.15) is 5.82 Å². The predicted molar refractivity (Wildman–Crippen MR) is 69.4 cm³/mol. The van der Waals surface area contributed by atoms with Crippen molar-refractivity contribution in [3.63, 3.8) is 0 Å².